The first-order chi connectivity index (χ1) is 8.28. The Morgan fingerprint density at radius 1 is 1.56 bits per heavy atom. The fraction of sp³-hybridized carbons (Fsp3) is 0.400. The molecule has 1 rings (SSSR count). The van der Waals surface area contributed by atoms with Gasteiger partial charge in [0.15, 0.2) is 6.61 Å². The smallest absolute Gasteiger partial charge is 0.422 e. The molecule has 0 radical (unpaired) electrons. The first kappa shape index (κ1) is 14.2. The molecule has 1 aromatic rings. The number of hydrogen-bond acceptors (Lipinski definition) is 4. The number of ether oxygens (including phenoxy) is 1. The molecule has 0 aliphatic rings. The quantitative estimate of drug-likeness (QED) is 0.861. The zero-order valence-corrected chi connectivity index (χ0v) is 9.36. The van der Waals surface area contributed by atoms with E-state index in [4.69, 9.17) is 5.11 Å². The number of hydrogen-bond donors (Lipinski definition) is 2. The van der Waals surface area contributed by atoms with Crippen molar-refractivity contribution in [3.8, 4) is 5.88 Å². The summed E-state index contributed by atoms with van der Waals surface area (Å²) in [6.07, 6.45) is -4.49. The van der Waals surface area contributed by atoms with E-state index in [1.54, 1.807) is 0 Å². The van der Waals surface area contributed by atoms with Crippen molar-refractivity contribution in [2.75, 3.05) is 11.9 Å². The molecular formula is C10H11F3N2O3. The van der Waals surface area contributed by atoms with Crippen molar-refractivity contribution in [3.63, 3.8) is 0 Å². The molecule has 0 saturated carbocycles. The number of nitrogens with one attached hydrogen (secondary N) is 1. The Hall–Kier alpha value is -1.83. The first-order valence-corrected chi connectivity index (χ1v) is 4.92. The van der Waals surface area contributed by atoms with Gasteiger partial charge in [0.05, 0.1) is 11.9 Å². The standard InChI is InChI=1S/C10H11F3N2O3/c1-6(16)9(17)15-7-2-3-8(14-4-7)18-5-10(11,12)13/h2-4,6,16H,5H2,1H3,(H,15,17). The van der Waals surface area contributed by atoms with Crippen molar-refractivity contribution in [2.24, 2.45) is 0 Å². The van der Waals surface area contributed by atoms with Crippen LogP contribution in [0, 0.1) is 0 Å². The van der Waals surface area contributed by atoms with E-state index >= 15 is 0 Å². The lowest BCUT2D eigenvalue weighted by Crippen LogP contribution is -2.24. The van der Waals surface area contributed by atoms with Gasteiger partial charge in [0.25, 0.3) is 5.91 Å². The molecule has 1 atom stereocenters. The zero-order valence-electron chi connectivity index (χ0n) is 9.36. The second-order valence-corrected chi connectivity index (χ2v) is 3.45. The largest absolute Gasteiger partial charge is 0.468 e. The summed E-state index contributed by atoms with van der Waals surface area (Å²) in [5.74, 6) is -0.844. The molecule has 0 bridgehead atoms. The molecule has 1 amide bonds. The van der Waals surface area contributed by atoms with E-state index in [1.165, 1.54) is 19.1 Å². The second-order valence-electron chi connectivity index (χ2n) is 3.45. The predicted molar refractivity (Wildman–Crippen MR) is 56.1 cm³/mol. The van der Waals surface area contributed by atoms with E-state index in [1.807, 2.05) is 0 Å². The number of carbonyl (C=O) groups is 1. The molecule has 5 nitrogen and oxygen atoms in total. The lowest BCUT2D eigenvalue weighted by molar-refractivity contribution is -0.154. The average Bonchev–Trinajstić information content (AvgIpc) is 2.27. The Morgan fingerprint density at radius 2 is 2.22 bits per heavy atom. The molecule has 0 aliphatic heterocycles. The number of rotatable bonds is 4. The molecule has 0 saturated heterocycles. The van der Waals surface area contributed by atoms with E-state index in [-0.39, 0.29) is 11.6 Å². The minimum Gasteiger partial charge on any atom is -0.468 e. The summed E-state index contributed by atoms with van der Waals surface area (Å²) in [7, 11) is 0. The summed E-state index contributed by atoms with van der Waals surface area (Å²) in [6.45, 7) is -0.150. The molecule has 0 fully saturated rings. The highest BCUT2D eigenvalue weighted by Gasteiger charge is 2.28. The Morgan fingerprint density at radius 3 is 2.67 bits per heavy atom. The van der Waals surface area contributed by atoms with Gasteiger partial charge in [0.2, 0.25) is 5.88 Å². The molecule has 0 aliphatic carbocycles. The van der Waals surface area contributed by atoms with E-state index in [0.717, 1.165) is 6.20 Å². The number of amides is 1. The molecule has 18 heavy (non-hydrogen) atoms. The summed E-state index contributed by atoms with van der Waals surface area (Å²) in [6, 6.07) is 2.50. The molecule has 2 N–H and O–H groups in total. The molecule has 1 aromatic heterocycles. The van der Waals surface area contributed by atoms with Gasteiger partial charge in [-0.15, -0.1) is 0 Å². The van der Waals surface area contributed by atoms with Crippen LogP contribution in [0.1, 0.15) is 6.92 Å². The van der Waals surface area contributed by atoms with E-state index < -0.39 is 24.8 Å². The summed E-state index contributed by atoms with van der Waals surface area (Å²) >= 11 is 0. The van der Waals surface area contributed by atoms with Crippen LogP contribution in [0.4, 0.5) is 18.9 Å². The predicted octanol–water partition coefficient (Wildman–Crippen LogP) is 1.34. The van der Waals surface area contributed by atoms with Gasteiger partial charge >= 0.3 is 6.18 Å². The van der Waals surface area contributed by atoms with Gasteiger partial charge in [-0.2, -0.15) is 13.2 Å². The van der Waals surface area contributed by atoms with Crippen LogP contribution in [0.5, 0.6) is 5.88 Å². The lowest BCUT2D eigenvalue weighted by Gasteiger charge is -2.09. The number of alkyl halides is 3. The van der Waals surface area contributed by atoms with Crippen LogP contribution < -0.4 is 10.1 Å². The third-order valence-corrected chi connectivity index (χ3v) is 1.77. The van der Waals surface area contributed by atoms with Crippen LogP contribution in [0.15, 0.2) is 18.3 Å². The third-order valence-electron chi connectivity index (χ3n) is 1.77. The van der Waals surface area contributed by atoms with Crippen molar-refractivity contribution in [3.05, 3.63) is 18.3 Å². The van der Waals surface area contributed by atoms with Crippen molar-refractivity contribution in [1.29, 1.82) is 0 Å². The molecule has 0 spiro atoms. The highest BCUT2D eigenvalue weighted by molar-refractivity contribution is 5.93. The average molecular weight is 264 g/mol. The summed E-state index contributed by atoms with van der Waals surface area (Å²) in [5, 5.41) is 11.2. The minimum absolute atomic E-state index is 0.206. The Kier molecular flexibility index (Phi) is 4.49. The van der Waals surface area contributed by atoms with Gasteiger partial charge < -0.3 is 15.2 Å². The number of pyridine rings is 1. The number of aliphatic hydroxyl groups excluding tert-OH is 1. The first-order valence-electron chi connectivity index (χ1n) is 4.92. The number of aromatic nitrogens is 1. The highest BCUT2D eigenvalue weighted by atomic mass is 19.4. The highest BCUT2D eigenvalue weighted by Crippen LogP contribution is 2.18. The number of halogens is 3. The third kappa shape index (κ3) is 5.00. The van der Waals surface area contributed by atoms with Gasteiger partial charge in [0.1, 0.15) is 6.10 Å². The summed E-state index contributed by atoms with van der Waals surface area (Å²) < 4.78 is 39.9. The molecular weight excluding hydrogens is 253 g/mol. The Balaban J connectivity index is 2.55. The molecule has 0 aromatic carbocycles. The molecule has 100 valence electrons. The second kappa shape index (κ2) is 5.67. The number of aliphatic hydroxyl groups is 1. The number of nitrogens with zero attached hydrogens (tertiary/aromatic N) is 1. The van der Waals surface area contributed by atoms with Crippen LogP contribution in [0.3, 0.4) is 0 Å². The monoisotopic (exact) mass is 264 g/mol. The molecule has 8 heteroatoms. The van der Waals surface area contributed by atoms with Crippen LogP contribution >= 0.6 is 0 Å². The van der Waals surface area contributed by atoms with Gasteiger partial charge in [-0.3, -0.25) is 4.79 Å². The summed E-state index contributed by atoms with van der Waals surface area (Å²) in [5.41, 5.74) is 0.250. The van der Waals surface area contributed by atoms with Crippen molar-refractivity contribution in [2.45, 2.75) is 19.2 Å². The van der Waals surface area contributed by atoms with Gasteiger partial charge in [-0.05, 0) is 13.0 Å². The van der Waals surface area contributed by atoms with Gasteiger partial charge in [-0.25, -0.2) is 4.98 Å². The maximum Gasteiger partial charge on any atom is 0.422 e. The maximum atomic E-state index is 11.8. The van der Waals surface area contributed by atoms with E-state index in [0.29, 0.717) is 0 Å². The minimum atomic E-state index is -4.43. The fourth-order valence-electron chi connectivity index (χ4n) is 0.942. The van der Waals surface area contributed by atoms with Gasteiger partial charge in [0, 0.05) is 6.07 Å². The van der Waals surface area contributed by atoms with E-state index in [2.05, 4.69) is 15.0 Å². The Bertz CT molecular complexity index is 404. The maximum absolute atomic E-state index is 11.8. The van der Waals surface area contributed by atoms with Crippen molar-refractivity contribution >= 4 is 11.6 Å². The molecule has 1 unspecified atom stereocenters. The topological polar surface area (TPSA) is 71.5 Å². The van der Waals surface area contributed by atoms with Crippen molar-refractivity contribution < 1.29 is 27.8 Å². The van der Waals surface area contributed by atoms with Gasteiger partial charge in [-0.1, -0.05) is 0 Å². The fourth-order valence-corrected chi connectivity index (χ4v) is 0.942. The van der Waals surface area contributed by atoms with Crippen molar-refractivity contribution in [1.82, 2.24) is 4.98 Å². The van der Waals surface area contributed by atoms with Crippen LogP contribution in [-0.2, 0) is 4.79 Å². The van der Waals surface area contributed by atoms with Crippen LogP contribution in [0.25, 0.3) is 0 Å². The normalized spacial score (nSPS) is 12.9. The SMILES string of the molecule is CC(O)C(=O)Nc1ccc(OCC(F)(F)F)nc1. The van der Waals surface area contributed by atoms with Crippen LogP contribution in [-0.4, -0.2) is 34.9 Å². The van der Waals surface area contributed by atoms with E-state index in [9.17, 15) is 18.0 Å². The summed E-state index contributed by atoms with van der Waals surface area (Å²) in [4.78, 5) is 14.7. The number of anilines is 1. The molecule has 1 heterocycles. The Labute approximate surface area is 101 Å². The van der Waals surface area contributed by atoms with Crippen LogP contribution in [0.2, 0.25) is 0 Å². The lowest BCUT2D eigenvalue weighted by atomic mass is 10.3. The zero-order chi connectivity index (χ0) is 13.8. The number of carbonyl (C=O) groups excluding carboxylic acids is 1.